The smallest absolute Gasteiger partial charge is 0.122 e. The molecule has 1 fully saturated rings. The van der Waals surface area contributed by atoms with Crippen molar-refractivity contribution in [3.8, 4) is 5.75 Å². The fourth-order valence-corrected chi connectivity index (χ4v) is 2.85. The van der Waals surface area contributed by atoms with Crippen molar-refractivity contribution in [2.45, 2.75) is 64.2 Å². The molecular formula is C17H26ClNO2. The van der Waals surface area contributed by atoms with Gasteiger partial charge in [0.2, 0.25) is 0 Å². The lowest BCUT2D eigenvalue weighted by Gasteiger charge is -2.20. The average Bonchev–Trinajstić information content (AvgIpc) is 2.77. The molecule has 1 aliphatic heterocycles. The number of nitrogens with two attached hydrogens (primary N) is 1. The molecule has 1 heterocycles. The minimum Gasteiger partial charge on any atom is -0.491 e. The number of hydrogen-bond acceptors (Lipinski definition) is 3. The van der Waals surface area contributed by atoms with E-state index in [0.717, 1.165) is 42.0 Å². The predicted octanol–water partition coefficient (Wildman–Crippen LogP) is 3.96. The van der Waals surface area contributed by atoms with Crippen LogP contribution in [-0.2, 0) is 11.2 Å². The van der Waals surface area contributed by atoms with Crippen LogP contribution in [0.2, 0.25) is 5.02 Å². The van der Waals surface area contributed by atoms with E-state index in [0.29, 0.717) is 6.61 Å². The van der Waals surface area contributed by atoms with Gasteiger partial charge in [-0.1, -0.05) is 18.5 Å². The Morgan fingerprint density at radius 1 is 1.48 bits per heavy atom. The number of ether oxygens (including phenoxy) is 2. The normalized spacial score (nSPS) is 22.2. The molecule has 0 aromatic heterocycles. The first-order valence-corrected chi connectivity index (χ1v) is 8.12. The van der Waals surface area contributed by atoms with Gasteiger partial charge in [-0.15, -0.1) is 0 Å². The Kier molecular flexibility index (Phi) is 5.53. The van der Waals surface area contributed by atoms with Crippen molar-refractivity contribution < 1.29 is 9.47 Å². The summed E-state index contributed by atoms with van der Waals surface area (Å²) in [5.74, 6) is 0.872. The molecule has 0 aliphatic carbocycles. The van der Waals surface area contributed by atoms with Crippen LogP contribution in [0.1, 0.15) is 45.6 Å². The first kappa shape index (κ1) is 16.6. The highest BCUT2D eigenvalue weighted by molar-refractivity contribution is 6.30. The van der Waals surface area contributed by atoms with Crippen LogP contribution in [0.4, 0.5) is 0 Å². The molecule has 2 N–H and O–H groups in total. The monoisotopic (exact) mass is 311 g/mol. The summed E-state index contributed by atoms with van der Waals surface area (Å²) in [7, 11) is 0. The third-order valence-electron chi connectivity index (χ3n) is 4.01. The van der Waals surface area contributed by atoms with E-state index >= 15 is 0 Å². The summed E-state index contributed by atoms with van der Waals surface area (Å²) in [5, 5.41) is 0.721. The van der Waals surface area contributed by atoms with E-state index in [4.69, 9.17) is 26.8 Å². The highest BCUT2D eigenvalue weighted by Gasteiger charge is 2.32. The van der Waals surface area contributed by atoms with Crippen LogP contribution in [0.15, 0.2) is 18.2 Å². The molecule has 0 spiro atoms. The van der Waals surface area contributed by atoms with Gasteiger partial charge in [0, 0.05) is 11.1 Å². The van der Waals surface area contributed by atoms with Gasteiger partial charge in [0.15, 0.2) is 0 Å². The van der Waals surface area contributed by atoms with Gasteiger partial charge in [-0.25, -0.2) is 0 Å². The standard InChI is InChI=1S/C17H26ClNO2/c1-4-14(19)10-12-9-13(18)5-6-16(12)20-11-15-7-8-17(2,3)21-15/h5-6,9,14-15H,4,7-8,10-11,19H2,1-3H3. The van der Waals surface area contributed by atoms with Crippen LogP contribution in [0.25, 0.3) is 0 Å². The quantitative estimate of drug-likeness (QED) is 0.865. The molecule has 4 heteroatoms. The summed E-state index contributed by atoms with van der Waals surface area (Å²) in [6, 6.07) is 5.87. The number of hydrogen-bond donors (Lipinski definition) is 1. The van der Waals surface area contributed by atoms with Crippen LogP contribution in [0, 0.1) is 0 Å². The summed E-state index contributed by atoms with van der Waals surface area (Å²) in [5.41, 5.74) is 7.11. The Bertz CT molecular complexity index is 476. The van der Waals surface area contributed by atoms with E-state index in [1.807, 2.05) is 18.2 Å². The minimum absolute atomic E-state index is 0.0264. The van der Waals surface area contributed by atoms with Crippen molar-refractivity contribution in [1.82, 2.24) is 0 Å². The zero-order valence-electron chi connectivity index (χ0n) is 13.2. The molecule has 1 saturated heterocycles. The van der Waals surface area contributed by atoms with Crippen molar-refractivity contribution in [1.29, 1.82) is 0 Å². The third-order valence-corrected chi connectivity index (χ3v) is 4.24. The minimum atomic E-state index is -0.0264. The summed E-state index contributed by atoms with van der Waals surface area (Å²) >= 11 is 6.09. The average molecular weight is 312 g/mol. The fraction of sp³-hybridized carbons (Fsp3) is 0.647. The zero-order valence-corrected chi connectivity index (χ0v) is 14.0. The van der Waals surface area contributed by atoms with Gasteiger partial charge in [0.25, 0.3) is 0 Å². The van der Waals surface area contributed by atoms with Crippen LogP contribution in [0.5, 0.6) is 5.75 Å². The molecule has 3 nitrogen and oxygen atoms in total. The van der Waals surface area contributed by atoms with Crippen molar-refractivity contribution in [2.24, 2.45) is 5.73 Å². The highest BCUT2D eigenvalue weighted by Crippen LogP contribution is 2.30. The molecule has 1 aliphatic rings. The van der Waals surface area contributed by atoms with Crippen molar-refractivity contribution in [2.75, 3.05) is 6.61 Å². The SMILES string of the molecule is CCC(N)Cc1cc(Cl)ccc1OCC1CCC(C)(C)O1. The molecule has 2 atom stereocenters. The van der Waals surface area contributed by atoms with Gasteiger partial charge in [-0.05, 0) is 63.3 Å². The molecule has 118 valence electrons. The molecular weight excluding hydrogens is 286 g/mol. The number of halogens is 1. The first-order valence-electron chi connectivity index (χ1n) is 7.74. The summed E-state index contributed by atoms with van der Waals surface area (Å²) < 4.78 is 11.9. The highest BCUT2D eigenvalue weighted by atomic mass is 35.5. The van der Waals surface area contributed by atoms with Crippen molar-refractivity contribution in [3.63, 3.8) is 0 Å². The summed E-state index contributed by atoms with van der Waals surface area (Å²) in [6.07, 6.45) is 4.01. The predicted molar refractivity (Wildman–Crippen MR) is 87.1 cm³/mol. The fourth-order valence-electron chi connectivity index (χ4n) is 2.65. The maximum Gasteiger partial charge on any atom is 0.122 e. The van der Waals surface area contributed by atoms with E-state index in [2.05, 4.69) is 20.8 Å². The molecule has 1 aromatic rings. The van der Waals surface area contributed by atoms with Crippen molar-refractivity contribution in [3.05, 3.63) is 28.8 Å². The van der Waals surface area contributed by atoms with Crippen molar-refractivity contribution >= 4 is 11.6 Å². The van der Waals surface area contributed by atoms with Crippen LogP contribution in [0.3, 0.4) is 0 Å². The van der Waals surface area contributed by atoms with Gasteiger partial charge in [0.1, 0.15) is 12.4 Å². The van der Waals surface area contributed by atoms with Gasteiger partial charge < -0.3 is 15.2 Å². The summed E-state index contributed by atoms with van der Waals surface area (Å²) in [6.45, 7) is 6.92. The third kappa shape index (κ3) is 4.87. The lowest BCUT2D eigenvalue weighted by Crippen LogP contribution is -2.25. The van der Waals surface area contributed by atoms with Crippen LogP contribution < -0.4 is 10.5 Å². The largest absolute Gasteiger partial charge is 0.491 e. The van der Waals surface area contributed by atoms with E-state index in [1.54, 1.807) is 0 Å². The van der Waals surface area contributed by atoms with Crippen LogP contribution in [-0.4, -0.2) is 24.4 Å². The first-order chi connectivity index (χ1) is 9.89. The van der Waals surface area contributed by atoms with E-state index in [1.165, 1.54) is 0 Å². The number of rotatable bonds is 6. The maximum absolute atomic E-state index is 6.09. The molecule has 2 unspecified atom stereocenters. The molecule has 0 bridgehead atoms. The number of benzene rings is 1. The second-order valence-electron chi connectivity index (χ2n) is 6.47. The molecule has 1 aromatic carbocycles. The second kappa shape index (κ2) is 6.99. The van der Waals surface area contributed by atoms with Gasteiger partial charge in [-0.2, -0.15) is 0 Å². The topological polar surface area (TPSA) is 44.5 Å². The lowest BCUT2D eigenvalue weighted by atomic mass is 10.0. The van der Waals surface area contributed by atoms with Gasteiger partial charge in [0.05, 0.1) is 11.7 Å². The maximum atomic E-state index is 6.09. The van der Waals surface area contributed by atoms with E-state index < -0.39 is 0 Å². The van der Waals surface area contributed by atoms with E-state index in [-0.39, 0.29) is 17.7 Å². The Balaban J connectivity index is 1.99. The van der Waals surface area contributed by atoms with Crippen LogP contribution >= 0.6 is 11.6 Å². The van der Waals surface area contributed by atoms with Gasteiger partial charge in [-0.3, -0.25) is 0 Å². The Labute approximate surface area is 132 Å². The Morgan fingerprint density at radius 2 is 2.24 bits per heavy atom. The summed E-state index contributed by atoms with van der Waals surface area (Å²) in [4.78, 5) is 0. The molecule has 21 heavy (non-hydrogen) atoms. The zero-order chi connectivity index (χ0) is 15.5. The lowest BCUT2D eigenvalue weighted by molar-refractivity contribution is -0.0327. The molecule has 0 saturated carbocycles. The second-order valence-corrected chi connectivity index (χ2v) is 6.91. The molecule has 0 radical (unpaired) electrons. The Hall–Kier alpha value is -0.770. The molecule has 2 rings (SSSR count). The molecule has 0 amide bonds. The Morgan fingerprint density at radius 3 is 2.86 bits per heavy atom. The van der Waals surface area contributed by atoms with E-state index in [9.17, 15) is 0 Å². The van der Waals surface area contributed by atoms with Gasteiger partial charge >= 0.3 is 0 Å².